The van der Waals surface area contributed by atoms with Crippen molar-refractivity contribution in [2.45, 2.75) is 348 Å². The van der Waals surface area contributed by atoms with Crippen LogP contribution in [0.4, 0.5) is 4.79 Å². The van der Waals surface area contributed by atoms with Gasteiger partial charge in [0.15, 0.2) is 0 Å². The van der Waals surface area contributed by atoms with E-state index in [0.717, 1.165) is 58.9 Å². The number of aromatic nitrogens is 8. The first kappa shape index (κ1) is 111. The summed E-state index contributed by atoms with van der Waals surface area (Å²) in [5.41, 5.74) is 31.1. The van der Waals surface area contributed by atoms with Crippen LogP contribution < -0.4 is 5.32 Å². The highest BCUT2D eigenvalue weighted by Crippen LogP contribution is 2.38. The molecule has 8 aromatic carbocycles. The minimum atomic E-state index is -0.464. The number of H-pyrrole nitrogens is 8. The highest BCUT2D eigenvalue weighted by atomic mass is 16.6. The maximum Gasteiger partial charge on any atom is 0.407 e. The number of aryl methyl sites for hydroxylation is 1. The number of aromatic amines is 8. The molecule has 0 aliphatic heterocycles. The largest absolute Gasteiger partial charge is 0.466 e. The van der Waals surface area contributed by atoms with Crippen molar-refractivity contribution in [3.63, 3.8) is 0 Å². The lowest BCUT2D eigenvalue weighted by Gasteiger charge is -2.19. The Bertz CT molecular complexity index is 6770. The second-order valence-electron chi connectivity index (χ2n) is 48.4. The fraction of sp³-hybridized carbons (Fsp3) is 0.460. The molecule has 139 heavy (non-hydrogen) atoms. The van der Waals surface area contributed by atoms with Gasteiger partial charge < -0.3 is 59.4 Å². The molecule has 0 saturated heterocycles. The van der Waals surface area contributed by atoms with Gasteiger partial charge in [-0.2, -0.15) is 5.26 Å². The van der Waals surface area contributed by atoms with Crippen molar-refractivity contribution in [1.29, 1.82) is 5.26 Å². The van der Waals surface area contributed by atoms with E-state index in [0.29, 0.717) is 37.1 Å². The van der Waals surface area contributed by atoms with Crippen molar-refractivity contribution in [2.75, 3.05) is 26.4 Å². The Labute approximate surface area is 833 Å². The maximum absolute atomic E-state index is 11.7. The number of amides is 1. The lowest BCUT2D eigenvalue weighted by molar-refractivity contribution is -0.142. The van der Waals surface area contributed by atoms with Crippen molar-refractivity contribution in [1.82, 2.24) is 45.2 Å². The van der Waals surface area contributed by atoms with Crippen LogP contribution in [0, 0.1) is 18.3 Å². The maximum atomic E-state index is 11.7. The number of fused-ring (bicyclic) bond motifs is 8. The summed E-state index contributed by atoms with van der Waals surface area (Å²) in [6.45, 7) is 83.3. The van der Waals surface area contributed by atoms with Crippen molar-refractivity contribution >= 4 is 99.3 Å². The molecular formula is C124H170N10O5. The molecule has 8 heterocycles. The summed E-state index contributed by atoms with van der Waals surface area (Å²) >= 11 is 0. The molecule has 0 aliphatic carbocycles. The molecule has 8 aromatic heterocycles. The van der Waals surface area contributed by atoms with E-state index in [1.807, 2.05) is 53.1 Å². The number of alkyl carbamates (subject to hydrolysis) is 1. The van der Waals surface area contributed by atoms with Crippen LogP contribution >= 0.6 is 0 Å². The van der Waals surface area contributed by atoms with E-state index in [1.54, 1.807) is 0 Å². The van der Waals surface area contributed by atoms with E-state index in [1.165, 1.54) is 144 Å². The molecule has 1 amide bonds. The molecule has 9 N–H and O–H groups in total. The number of nitriles is 1. The molecule has 15 heteroatoms. The van der Waals surface area contributed by atoms with Crippen molar-refractivity contribution in [3.05, 3.63) is 284 Å². The Morgan fingerprint density at radius 3 is 1.06 bits per heavy atom. The van der Waals surface area contributed by atoms with Gasteiger partial charge in [-0.05, 0) is 266 Å². The minimum Gasteiger partial charge on any atom is -0.466 e. The topological polar surface area (TPSA) is 224 Å². The van der Waals surface area contributed by atoms with Gasteiger partial charge in [0.1, 0.15) is 17.4 Å². The van der Waals surface area contributed by atoms with Gasteiger partial charge in [-0.25, -0.2) is 4.79 Å². The highest BCUT2D eigenvalue weighted by Gasteiger charge is 2.26. The zero-order valence-electron chi connectivity index (χ0n) is 91.8. The van der Waals surface area contributed by atoms with Crippen LogP contribution in [0.3, 0.4) is 0 Å². The first-order chi connectivity index (χ1) is 64.5. The van der Waals surface area contributed by atoms with Gasteiger partial charge in [0.05, 0.1) is 19.6 Å². The summed E-state index contributed by atoms with van der Waals surface area (Å²) in [4.78, 5) is 50.0. The Kier molecular flexibility index (Phi) is 36.1. The number of rotatable bonds is 13. The van der Waals surface area contributed by atoms with Gasteiger partial charge in [-0.3, -0.25) is 4.79 Å². The van der Waals surface area contributed by atoms with Crippen LogP contribution in [0.25, 0.3) is 87.2 Å². The van der Waals surface area contributed by atoms with Gasteiger partial charge >= 0.3 is 12.1 Å². The summed E-state index contributed by atoms with van der Waals surface area (Å²) in [7, 11) is 0. The molecule has 0 radical (unpaired) electrons. The number of ether oxygens (including phenoxy) is 3. The SMILES string of the molecule is CC(C)(C)OC(=O)NCCc1c[nH]c2cc(C(C)(C)C)ccc12.CC(C)(C)c1ccc2cc(C#N)[nH]c2c1.CC(C)(C)c1ccc2cc(C(C)(C)C)[nH]c2c1.CC(C)c1c[nH]c2cc(C(C)(C)C)ccc12.CCC(C)c1c[nH]c2cc(C(C)(C)C)ccc12.CCOC(=O)Cc1c[nH]c2cc(C(C)(C)C)ccc12.CCOCCc1c[nH]c2cc(C(C)(C)C)ccc12.Cc1cc2ccc(C(C)(C)C)cc2[nH]1. The third-order valence-electron chi connectivity index (χ3n) is 25.8. The fourth-order valence-electron chi connectivity index (χ4n) is 16.6. The van der Waals surface area contributed by atoms with E-state index in [4.69, 9.17) is 19.5 Å². The Hall–Kier alpha value is -11.7. The average Bonchev–Trinajstić information content (AvgIpc) is 1.65. The number of benzene rings is 8. The average molecular weight is 1880 g/mol. The number of nitrogens with zero attached hydrogens (tertiary/aromatic N) is 1. The summed E-state index contributed by atoms with van der Waals surface area (Å²) < 4.78 is 15.6. The first-order valence-corrected chi connectivity index (χ1v) is 50.5. The van der Waals surface area contributed by atoms with E-state index >= 15 is 0 Å². The molecule has 0 spiro atoms. The predicted octanol–water partition coefficient (Wildman–Crippen LogP) is 33.6. The van der Waals surface area contributed by atoms with Crippen molar-refractivity contribution < 1.29 is 23.8 Å². The summed E-state index contributed by atoms with van der Waals surface area (Å²) in [6, 6.07) is 61.4. The summed E-state index contributed by atoms with van der Waals surface area (Å²) in [5.74, 6) is 1.03. The number of carbonyl (C=O) groups is 2. The van der Waals surface area contributed by atoms with Crippen LogP contribution in [0.2, 0.25) is 0 Å². The van der Waals surface area contributed by atoms with Crippen LogP contribution in [-0.2, 0) is 87.0 Å². The number of carbonyl (C=O) groups excluding carboxylic acids is 2. The van der Waals surface area contributed by atoms with Crippen LogP contribution in [-0.4, -0.2) is 83.9 Å². The minimum absolute atomic E-state index is 0.126. The Balaban J connectivity index is 0.000000178. The van der Waals surface area contributed by atoms with E-state index in [-0.39, 0.29) is 60.8 Å². The fourth-order valence-corrected chi connectivity index (χ4v) is 16.6. The normalized spacial score (nSPS) is 12.6. The van der Waals surface area contributed by atoms with Gasteiger partial charge in [0.2, 0.25) is 0 Å². The van der Waals surface area contributed by atoms with Crippen molar-refractivity contribution in [2.24, 2.45) is 0 Å². The van der Waals surface area contributed by atoms with Crippen molar-refractivity contribution in [3.8, 4) is 6.07 Å². The highest BCUT2D eigenvalue weighted by molar-refractivity contribution is 5.90. The monoisotopic (exact) mass is 1880 g/mol. The van der Waals surface area contributed by atoms with Gasteiger partial charge in [0, 0.05) is 137 Å². The van der Waals surface area contributed by atoms with E-state index in [2.05, 4.69) is 449 Å². The van der Waals surface area contributed by atoms with E-state index in [9.17, 15) is 9.59 Å². The lowest BCUT2D eigenvalue weighted by Crippen LogP contribution is -2.33. The van der Waals surface area contributed by atoms with Gasteiger partial charge in [0.25, 0.3) is 0 Å². The molecule has 0 bridgehead atoms. The second kappa shape index (κ2) is 45.2. The number of esters is 1. The van der Waals surface area contributed by atoms with Crippen LogP contribution in [0.1, 0.15) is 357 Å². The Morgan fingerprint density at radius 1 is 0.360 bits per heavy atom. The quantitative estimate of drug-likeness (QED) is 0.0403. The number of nitrogens with one attached hydrogen (secondary N) is 9. The summed E-state index contributed by atoms with van der Waals surface area (Å²) in [5, 5.41) is 21.7. The molecule has 15 nitrogen and oxygen atoms in total. The molecule has 746 valence electrons. The molecule has 0 aliphatic rings. The second-order valence-corrected chi connectivity index (χ2v) is 48.4. The van der Waals surface area contributed by atoms with E-state index < -0.39 is 5.60 Å². The molecule has 0 fully saturated rings. The molecule has 0 saturated carbocycles. The number of hydrogen-bond acceptors (Lipinski definition) is 6. The molecule has 16 aromatic rings. The zero-order valence-corrected chi connectivity index (χ0v) is 91.8. The molecule has 1 atom stereocenters. The number of hydrogen-bond donors (Lipinski definition) is 9. The molecule has 16 rings (SSSR count). The standard InChI is InChI=1S/C19H28N2O2.C16H21NO2.C16H23NO.2C16H23N.C15H21N.C13H14N2.C13H17N/c1-18(2,3)14-7-8-15-13(12-21-16(15)11-14)9-10-20-17(22)23-19(4,5)6;1-5-19-15(18)8-11-10-17-14-9-12(16(2,3)4)6-7-13(11)14;1-5-18-9-8-12-11-17-15-10-13(16(2,3)4)6-7-14(12)15;1-15(2,3)12-8-7-11-9-14(16(4,5)6)17-13(11)10-12;1-6-11(2)14-10-17-15-9-12(16(3,4)5)7-8-13(14)15;1-10(2)13-9-16-14-8-11(15(3,4)5)6-7-12(13)14;1-13(2,3)10-5-4-9-6-11(8-14)15-12(9)7-10;1-9-7-10-5-6-11(13(2,3)4)8-12(10)14-9/h7-8,11-12,21H,9-10H2,1-6H3,(H,20,22);6-7,9-10,17H,5,8H2,1-4H3;6-7,10-11,17H,5,8-9H2,1-4H3;7-10,17H,1-6H3;7-11,17H,6H2,1-5H3;6-10,16H,1-5H3;4-7,15H,1-3H3;5-8,14H,1-4H3. The van der Waals surface area contributed by atoms with Gasteiger partial charge in [-0.1, -0.05) is 312 Å². The summed E-state index contributed by atoms with van der Waals surface area (Å²) in [6.07, 6.45) is 13.2. The third kappa shape index (κ3) is 31.1. The van der Waals surface area contributed by atoms with Gasteiger partial charge in [-0.15, -0.1) is 0 Å². The Morgan fingerprint density at radius 2 is 0.691 bits per heavy atom. The molecular weight excluding hydrogens is 1710 g/mol. The first-order valence-electron chi connectivity index (χ1n) is 50.5. The van der Waals surface area contributed by atoms with Crippen LogP contribution in [0.5, 0.6) is 0 Å². The predicted molar refractivity (Wildman–Crippen MR) is 595 cm³/mol. The van der Waals surface area contributed by atoms with Crippen LogP contribution in [0.15, 0.2) is 195 Å². The third-order valence-corrected chi connectivity index (χ3v) is 25.8. The zero-order chi connectivity index (χ0) is 103. The smallest absolute Gasteiger partial charge is 0.407 e. The lowest BCUT2D eigenvalue weighted by atomic mass is 9.86. The molecule has 1 unspecified atom stereocenters.